The van der Waals surface area contributed by atoms with E-state index in [-0.39, 0.29) is 32.7 Å². The second-order valence-electron chi connectivity index (χ2n) is 0.192. The van der Waals surface area contributed by atoms with Crippen LogP contribution in [0.4, 0.5) is 0 Å². The molecule has 0 spiro atoms. The third kappa shape index (κ3) is 17.2. The van der Waals surface area contributed by atoms with Crippen LogP contribution in [-0.2, 0) is 32.7 Å². The standard InChI is InChI=1S/C2H4N.Y/c1-2-3;/h1-2H,3H2;/q-1;. The summed E-state index contributed by atoms with van der Waals surface area (Å²) in [5.74, 6) is 0. The van der Waals surface area contributed by atoms with E-state index in [4.69, 9.17) is 0 Å². The van der Waals surface area contributed by atoms with Gasteiger partial charge in [0.15, 0.2) is 0 Å². The number of hydrogen-bond acceptors (Lipinski definition) is 1. The van der Waals surface area contributed by atoms with Crippen LogP contribution < -0.4 is 5.73 Å². The molecule has 0 aromatic carbocycles. The molecule has 0 aromatic heterocycles. The fraction of sp³-hybridized carbons (Fsp3) is 0. The maximum atomic E-state index is 4.50. The fourth-order valence-electron chi connectivity index (χ4n) is 0. The molecule has 0 unspecified atom stereocenters. The van der Waals surface area contributed by atoms with E-state index in [2.05, 4.69) is 12.3 Å². The van der Waals surface area contributed by atoms with Gasteiger partial charge in [-0.25, -0.2) is 0 Å². The number of nitrogens with two attached hydrogens (primary N) is 1. The van der Waals surface area contributed by atoms with Crippen molar-refractivity contribution in [3.8, 4) is 0 Å². The normalized spacial score (nSPS) is 3.00. The van der Waals surface area contributed by atoms with Crippen LogP contribution in [-0.4, -0.2) is 0 Å². The Labute approximate surface area is 51.1 Å². The molecule has 1 radical (unpaired) electrons. The van der Waals surface area contributed by atoms with Crippen molar-refractivity contribution in [2.24, 2.45) is 5.73 Å². The Bertz CT molecular complexity index is 13.5. The van der Waals surface area contributed by atoms with Gasteiger partial charge in [0.05, 0.1) is 0 Å². The molecule has 0 atom stereocenters. The Morgan fingerprint density at radius 3 is 1.75 bits per heavy atom. The van der Waals surface area contributed by atoms with Gasteiger partial charge in [-0.3, -0.25) is 0 Å². The van der Waals surface area contributed by atoms with E-state index in [1.54, 1.807) is 0 Å². The van der Waals surface area contributed by atoms with Crippen LogP contribution >= 0.6 is 0 Å². The Kier molecular flexibility index (Phi) is 20.8. The van der Waals surface area contributed by atoms with Gasteiger partial charge in [0, 0.05) is 32.7 Å². The molecular formula is C2H4NY-. The van der Waals surface area contributed by atoms with Gasteiger partial charge in [-0.2, -0.15) is 6.20 Å². The minimum Gasteiger partial charge on any atom is -0.497 e. The molecular weight excluding hydrogens is 127 g/mol. The minimum absolute atomic E-state index is 0. The molecule has 2 N–H and O–H groups in total. The molecule has 0 saturated carbocycles. The Morgan fingerprint density at radius 2 is 1.75 bits per heavy atom. The van der Waals surface area contributed by atoms with Gasteiger partial charge in [0.2, 0.25) is 0 Å². The van der Waals surface area contributed by atoms with Crippen molar-refractivity contribution in [2.75, 3.05) is 0 Å². The van der Waals surface area contributed by atoms with Gasteiger partial charge >= 0.3 is 0 Å². The van der Waals surface area contributed by atoms with E-state index in [1.807, 2.05) is 0 Å². The molecule has 1 nitrogen and oxygen atoms in total. The molecule has 4 heavy (non-hydrogen) atoms. The van der Waals surface area contributed by atoms with Crippen molar-refractivity contribution in [3.05, 3.63) is 12.8 Å². The van der Waals surface area contributed by atoms with Crippen molar-refractivity contribution in [1.82, 2.24) is 0 Å². The van der Waals surface area contributed by atoms with Gasteiger partial charge in [-0.05, 0) is 0 Å². The van der Waals surface area contributed by atoms with Crippen LogP contribution in [0.3, 0.4) is 0 Å². The molecule has 0 saturated heterocycles. The third-order valence-electron chi connectivity index (χ3n) is 0. The van der Waals surface area contributed by atoms with Crippen molar-refractivity contribution in [3.63, 3.8) is 0 Å². The Hall–Kier alpha value is 0.644. The van der Waals surface area contributed by atoms with E-state index < -0.39 is 0 Å². The average molecular weight is 131 g/mol. The Morgan fingerprint density at radius 1 is 1.75 bits per heavy atom. The smallest absolute Gasteiger partial charge is 0 e. The fourth-order valence-corrected chi connectivity index (χ4v) is 0. The quantitative estimate of drug-likeness (QED) is 0.456. The number of hydrogen-bond donors (Lipinski definition) is 1. The predicted octanol–water partition coefficient (Wildman–Crippen LogP) is -0.111. The average Bonchev–Trinajstić information content (AvgIpc) is 0.918. The molecule has 0 rings (SSSR count). The summed E-state index contributed by atoms with van der Waals surface area (Å²) in [6.07, 6.45) is 1.00. The minimum atomic E-state index is 0. The van der Waals surface area contributed by atoms with E-state index in [0.717, 1.165) is 6.20 Å². The van der Waals surface area contributed by atoms with Crippen LogP contribution in [0.1, 0.15) is 0 Å². The summed E-state index contributed by atoms with van der Waals surface area (Å²) in [5, 5.41) is 0. The van der Waals surface area contributed by atoms with E-state index in [9.17, 15) is 0 Å². The second kappa shape index (κ2) is 9.43. The predicted molar refractivity (Wildman–Crippen MR) is 13.1 cm³/mol. The molecule has 0 aliphatic carbocycles. The zero-order valence-electron chi connectivity index (χ0n) is 2.31. The SMILES string of the molecule is [CH-]=CN.[Y]. The molecule has 0 aliphatic rings. The van der Waals surface area contributed by atoms with Gasteiger partial charge in [-0.15, -0.1) is 0 Å². The van der Waals surface area contributed by atoms with Crippen LogP contribution in [0.25, 0.3) is 0 Å². The summed E-state index contributed by atoms with van der Waals surface area (Å²) in [7, 11) is 0. The summed E-state index contributed by atoms with van der Waals surface area (Å²) < 4.78 is 0. The monoisotopic (exact) mass is 131 g/mol. The summed E-state index contributed by atoms with van der Waals surface area (Å²) in [4.78, 5) is 0. The first-order valence-electron chi connectivity index (χ1n) is 0.667. The second-order valence-corrected chi connectivity index (χ2v) is 0.192. The van der Waals surface area contributed by atoms with Crippen molar-refractivity contribution in [1.29, 1.82) is 0 Å². The molecule has 0 amide bonds. The van der Waals surface area contributed by atoms with Crippen LogP contribution in [0.15, 0.2) is 6.20 Å². The van der Waals surface area contributed by atoms with Gasteiger partial charge in [0.25, 0.3) is 0 Å². The molecule has 0 bridgehead atoms. The molecule has 0 fully saturated rings. The summed E-state index contributed by atoms with van der Waals surface area (Å²) in [6, 6.07) is 0. The first kappa shape index (κ1) is 8.82. The largest absolute Gasteiger partial charge is 0.497 e. The third-order valence-corrected chi connectivity index (χ3v) is 0. The first-order valence-corrected chi connectivity index (χ1v) is 0.667. The van der Waals surface area contributed by atoms with E-state index in [0.29, 0.717) is 0 Å². The molecule has 0 heterocycles. The van der Waals surface area contributed by atoms with Crippen molar-refractivity contribution in [2.45, 2.75) is 0 Å². The summed E-state index contributed by atoms with van der Waals surface area (Å²) >= 11 is 0. The molecule has 0 aromatic rings. The summed E-state index contributed by atoms with van der Waals surface area (Å²) in [5.41, 5.74) is 4.50. The maximum absolute atomic E-state index is 4.50. The number of rotatable bonds is 0. The zero-order chi connectivity index (χ0) is 2.71. The van der Waals surface area contributed by atoms with E-state index >= 15 is 0 Å². The van der Waals surface area contributed by atoms with Crippen LogP contribution in [0.5, 0.6) is 0 Å². The Balaban J connectivity index is 0. The first-order chi connectivity index (χ1) is 1.41. The summed E-state index contributed by atoms with van der Waals surface area (Å²) in [6.45, 7) is 4.50. The topological polar surface area (TPSA) is 26.0 Å². The molecule has 2 heteroatoms. The van der Waals surface area contributed by atoms with Crippen LogP contribution in [0, 0.1) is 6.58 Å². The van der Waals surface area contributed by atoms with Gasteiger partial charge in [-0.1, -0.05) is 0 Å². The van der Waals surface area contributed by atoms with E-state index in [1.165, 1.54) is 0 Å². The van der Waals surface area contributed by atoms with Crippen molar-refractivity contribution < 1.29 is 32.7 Å². The van der Waals surface area contributed by atoms with Gasteiger partial charge < -0.3 is 12.3 Å². The molecule has 0 aliphatic heterocycles. The zero-order valence-corrected chi connectivity index (χ0v) is 5.15. The van der Waals surface area contributed by atoms with Crippen LogP contribution in [0.2, 0.25) is 0 Å². The van der Waals surface area contributed by atoms with Crippen molar-refractivity contribution >= 4 is 0 Å². The van der Waals surface area contributed by atoms with Gasteiger partial charge in [0.1, 0.15) is 0 Å². The molecule has 21 valence electrons. The maximum Gasteiger partial charge on any atom is 0 e.